The third-order valence-electron chi connectivity index (χ3n) is 3.62. The lowest BCUT2D eigenvalue weighted by Crippen LogP contribution is -2.36. The monoisotopic (exact) mass is 327 g/mol. The van der Waals surface area contributed by atoms with Crippen LogP contribution in [0.4, 0.5) is 10.5 Å². The van der Waals surface area contributed by atoms with Gasteiger partial charge in [0, 0.05) is 34.7 Å². The summed E-state index contributed by atoms with van der Waals surface area (Å²) >= 11 is 11.8. The quantitative estimate of drug-likeness (QED) is 0.907. The molecule has 1 heterocycles. The van der Waals surface area contributed by atoms with Crippen LogP contribution in [0.3, 0.4) is 0 Å². The number of carbonyl (C=O) groups excluding carboxylic acids is 2. The second-order valence-electron chi connectivity index (χ2n) is 5.37. The average Bonchev–Trinajstić information content (AvgIpc) is 3.13. The number of rotatable bonds is 2. The number of benzene rings is 1. The maximum Gasteiger partial charge on any atom is 0.323 e. The van der Waals surface area contributed by atoms with Crippen LogP contribution in [0.2, 0.25) is 10.0 Å². The van der Waals surface area contributed by atoms with Crippen LogP contribution in [-0.2, 0) is 4.79 Å². The fourth-order valence-electron chi connectivity index (χ4n) is 2.35. The maximum atomic E-state index is 12.2. The maximum absolute atomic E-state index is 12.2. The van der Waals surface area contributed by atoms with Gasteiger partial charge < -0.3 is 15.1 Å². The molecule has 0 radical (unpaired) electrons. The molecule has 0 bridgehead atoms. The number of halogens is 2. The van der Waals surface area contributed by atoms with Gasteiger partial charge in [-0.15, -0.1) is 0 Å². The fraction of sp³-hybridized carbons (Fsp3) is 0.429. The van der Waals surface area contributed by atoms with Crippen LogP contribution in [0.15, 0.2) is 18.2 Å². The van der Waals surface area contributed by atoms with Crippen molar-refractivity contribution in [1.29, 1.82) is 0 Å². The number of anilines is 1. The normalized spacial score (nSPS) is 18.0. The van der Waals surface area contributed by atoms with Gasteiger partial charge >= 0.3 is 6.03 Å². The summed E-state index contributed by atoms with van der Waals surface area (Å²) in [5, 5.41) is 3.68. The smallest absolute Gasteiger partial charge is 0.323 e. The Bertz CT molecular complexity index is 569. The lowest BCUT2D eigenvalue weighted by atomic mass is 10.3. The van der Waals surface area contributed by atoms with Gasteiger partial charge in [-0.05, 0) is 31.0 Å². The van der Waals surface area contributed by atoms with Gasteiger partial charge in [-0.2, -0.15) is 0 Å². The topological polar surface area (TPSA) is 52.7 Å². The van der Waals surface area contributed by atoms with E-state index in [0.717, 1.165) is 12.8 Å². The van der Waals surface area contributed by atoms with Crippen LogP contribution in [0.5, 0.6) is 0 Å². The highest BCUT2D eigenvalue weighted by Gasteiger charge is 2.37. The van der Waals surface area contributed by atoms with Crippen LogP contribution in [0, 0.1) is 5.92 Å². The predicted molar refractivity (Wildman–Crippen MR) is 81.5 cm³/mol. The van der Waals surface area contributed by atoms with E-state index in [0.29, 0.717) is 35.5 Å². The Labute approximate surface area is 132 Å². The van der Waals surface area contributed by atoms with Gasteiger partial charge in [-0.3, -0.25) is 4.79 Å². The van der Waals surface area contributed by atoms with E-state index in [2.05, 4.69) is 5.32 Å². The highest BCUT2D eigenvalue weighted by Crippen LogP contribution is 2.31. The zero-order chi connectivity index (χ0) is 15.0. The molecule has 1 aromatic rings. The van der Waals surface area contributed by atoms with Gasteiger partial charge in [0.15, 0.2) is 0 Å². The highest BCUT2D eigenvalue weighted by molar-refractivity contribution is 6.35. The van der Waals surface area contributed by atoms with Crippen molar-refractivity contribution in [2.75, 3.05) is 25.1 Å². The van der Waals surface area contributed by atoms with E-state index < -0.39 is 0 Å². The summed E-state index contributed by atoms with van der Waals surface area (Å²) in [6, 6.07) is 4.62. The van der Waals surface area contributed by atoms with Crippen LogP contribution in [0.1, 0.15) is 12.8 Å². The molecule has 0 aromatic heterocycles. The molecule has 3 amide bonds. The Morgan fingerprint density at radius 1 is 1.05 bits per heavy atom. The molecule has 0 unspecified atom stereocenters. The lowest BCUT2D eigenvalue weighted by Gasteiger charge is -2.19. The summed E-state index contributed by atoms with van der Waals surface area (Å²) in [5.74, 6) is 0.343. The minimum atomic E-state index is -0.251. The van der Waals surface area contributed by atoms with E-state index in [4.69, 9.17) is 23.2 Å². The molecule has 1 N–H and O–H groups in total. The molecule has 3 rings (SSSR count). The van der Waals surface area contributed by atoms with Crippen LogP contribution < -0.4 is 5.32 Å². The molecule has 112 valence electrons. The Hall–Kier alpha value is -1.46. The second kappa shape index (κ2) is 5.73. The van der Waals surface area contributed by atoms with Crippen molar-refractivity contribution >= 4 is 40.8 Å². The van der Waals surface area contributed by atoms with Crippen molar-refractivity contribution in [3.05, 3.63) is 28.2 Å². The van der Waals surface area contributed by atoms with Crippen molar-refractivity contribution in [3.8, 4) is 0 Å². The van der Waals surface area contributed by atoms with Gasteiger partial charge in [0.2, 0.25) is 5.91 Å². The summed E-state index contributed by atoms with van der Waals surface area (Å²) in [6.45, 7) is 1.48. The average molecular weight is 328 g/mol. The molecule has 1 aliphatic heterocycles. The third-order valence-corrected chi connectivity index (χ3v) is 4.06. The number of nitrogens with one attached hydrogen (secondary N) is 1. The van der Waals surface area contributed by atoms with Crippen molar-refractivity contribution in [2.45, 2.75) is 12.8 Å². The molecular weight excluding hydrogens is 313 g/mol. The summed E-state index contributed by atoms with van der Waals surface area (Å²) in [7, 11) is 0. The number of amides is 3. The fourth-order valence-corrected chi connectivity index (χ4v) is 2.88. The van der Waals surface area contributed by atoms with E-state index in [1.54, 1.807) is 28.0 Å². The molecule has 1 saturated carbocycles. The Kier molecular flexibility index (Phi) is 3.95. The number of urea groups is 1. The van der Waals surface area contributed by atoms with Crippen molar-refractivity contribution in [2.24, 2.45) is 5.92 Å². The highest BCUT2D eigenvalue weighted by atomic mass is 35.5. The molecule has 0 spiro atoms. The Morgan fingerprint density at radius 2 is 1.67 bits per heavy atom. The van der Waals surface area contributed by atoms with Gasteiger partial charge in [-0.25, -0.2) is 4.79 Å². The number of hydrogen-bond donors (Lipinski definition) is 1. The van der Waals surface area contributed by atoms with E-state index in [-0.39, 0.29) is 17.9 Å². The van der Waals surface area contributed by atoms with Crippen LogP contribution >= 0.6 is 23.2 Å². The first-order valence-corrected chi connectivity index (χ1v) is 7.59. The SMILES string of the molecule is O=C(Nc1cc(Cl)cc(Cl)c1)N1CCN(C(=O)C2CC2)C1. The first-order chi connectivity index (χ1) is 10.0. The molecular formula is C14H15Cl2N3O2. The Morgan fingerprint density at radius 3 is 2.29 bits per heavy atom. The summed E-state index contributed by atoms with van der Waals surface area (Å²) < 4.78 is 0. The molecule has 0 atom stereocenters. The minimum absolute atomic E-state index is 0.163. The lowest BCUT2D eigenvalue weighted by molar-refractivity contribution is -0.131. The first kappa shape index (κ1) is 14.5. The van der Waals surface area contributed by atoms with Crippen molar-refractivity contribution < 1.29 is 9.59 Å². The predicted octanol–water partition coefficient (Wildman–Crippen LogP) is 3.04. The molecule has 1 saturated heterocycles. The zero-order valence-electron chi connectivity index (χ0n) is 11.3. The standard InChI is InChI=1S/C14H15Cl2N3O2/c15-10-5-11(16)7-12(6-10)17-14(21)19-4-3-18(8-19)13(20)9-1-2-9/h5-7,9H,1-4,8H2,(H,17,21). The number of hydrogen-bond acceptors (Lipinski definition) is 2. The molecule has 5 nitrogen and oxygen atoms in total. The van der Waals surface area contributed by atoms with Gasteiger partial charge in [0.05, 0.1) is 6.67 Å². The molecule has 2 fully saturated rings. The summed E-state index contributed by atoms with van der Waals surface area (Å²) in [6.07, 6.45) is 1.95. The molecule has 1 aromatic carbocycles. The Balaban J connectivity index is 1.59. The zero-order valence-corrected chi connectivity index (χ0v) is 12.8. The minimum Gasteiger partial charge on any atom is -0.323 e. The first-order valence-electron chi connectivity index (χ1n) is 6.84. The van der Waals surface area contributed by atoms with Gasteiger partial charge in [-0.1, -0.05) is 23.2 Å². The largest absolute Gasteiger partial charge is 0.323 e. The van der Waals surface area contributed by atoms with Gasteiger partial charge in [0.1, 0.15) is 0 Å². The van der Waals surface area contributed by atoms with Crippen LogP contribution in [-0.4, -0.2) is 41.5 Å². The summed E-state index contributed by atoms with van der Waals surface area (Å²) in [4.78, 5) is 27.5. The third kappa shape index (κ3) is 3.41. The van der Waals surface area contributed by atoms with E-state index >= 15 is 0 Å². The van der Waals surface area contributed by atoms with E-state index in [1.807, 2.05) is 0 Å². The van der Waals surface area contributed by atoms with Crippen LogP contribution in [0.25, 0.3) is 0 Å². The summed E-state index contributed by atoms with van der Waals surface area (Å²) in [5.41, 5.74) is 0.546. The molecule has 21 heavy (non-hydrogen) atoms. The number of nitrogens with zero attached hydrogens (tertiary/aromatic N) is 2. The van der Waals surface area contributed by atoms with E-state index in [1.165, 1.54) is 0 Å². The molecule has 7 heteroatoms. The van der Waals surface area contributed by atoms with Crippen molar-refractivity contribution in [3.63, 3.8) is 0 Å². The number of carbonyl (C=O) groups is 2. The second-order valence-corrected chi connectivity index (χ2v) is 6.24. The molecule has 2 aliphatic rings. The molecule has 1 aliphatic carbocycles. The van der Waals surface area contributed by atoms with Crippen molar-refractivity contribution in [1.82, 2.24) is 9.80 Å². The van der Waals surface area contributed by atoms with Gasteiger partial charge in [0.25, 0.3) is 0 Å². The van der Waals surface area contributed by atoms with E-state index in [9.17, 15) is 9.59 Å².